The molecule has 0 aliphatic carbocycles. The van der Waals surface area contributed by atoms with Gasteiger partial charge in [0.15, 0.2) is 5.96 Å². The van der Waals surface area contributed by atoms with Gasteiger partial charge in [0, 0.05) is 11.3 Å². The molecule has 1 heterocycles. The van der Waals surface area contributed by atoms with Crippen molar-refractivity contribution in [3.8, 4) is 17.2 Å². The molecule has 0 saturated carbocycles. The quantitative estimate of drug-likeness (QED) is 0.185. The van der Waals surface area contributed by atoms with Gasteiger partial charge in [-0.2, -0.15) is 44.5 Å². The number of nitrogens with two attached hydrogens (primary N) is 2. The number of aromatic nitrogens is 3. The molecule has 0 aliphatic heterocycles. The first-order valence-electron chi connectivity index (χ1n) is 10.6. The first-order chi connectivity index (χ1) is 19.5. The Morgan fingerprint density at radius 2 is 1.28 bits per heavy atom. The second-order valence-corrected chi connectivity index (χ2v) is 7.57. The molecule has 0 aliphatic rings. The van der Waals surface area contributed by atoms with Gasteiger partial charge in [0.2, 0.25) is 0 Å². The number of alkyl halides is 9. The number of benzene rings is 2. The number of nitrogens with zero attached hydrogens (tertiary/aromatic N) is 4. The summed E-state index contributed by atoms with van der Waals surface area (Å²) in [4.78, 5) is 33.1. The van der Waals surface area contributed by atoms with Crippen molar-refractivity contribution in [2.24, 2.45) is 16.5 Å². The van der Waals surface area contributed by atoms with Crippen LogP contribution in [0.3, 0.4) is 0 Å². The first-order valence-corrected chi connectivity index (χ1v) is 10.6. The van der Waals surface area contributed by atoms with Crippen LogP contribution in [-0.2, 0) is 15.8 Å². The number of carboxylic acid groups (broad SMARTS) is 2. The summed E-state index contributed by atoms with van der Waals surface area (Å²) in [5.41, 5.74) is 9.79. The predicted octanol–water partition coefficient (Wildman–Crippen LogP) is 4.07. The van der Waals surface area contributed by atoms with Crippen LogP contribution in [0.15, 0.2) is 54.0 Å². The largest absolute Gasteiger partial charge is 0.490 e. The standard InChI is InChI=1S/C18H15F3N6O2.2C2HF3O2/c1-10-6-15(14(18(19,20)21)7-13(10)16(28)26-17(22)23)29-12-4-2-11(3-5-12)27-8-24-25-9-27;2*3-2(4,5)1(6)7/h2-9H,1H3,(H4,22,23,26,28);2*(H,6,7). The minimum Gasteiger partial charge on any atom is -0.475 e. The van der Waals surface area contributed by atoms with Crippen molar-refractivity contribution in [3.63, 3.8) is 0 Å². The summed E-state index contributed by atoms with van der Waals surface area (Å²) in [5, 5.41) is 21.6. The number of hydrogen-bond acceptors (Lipinski definition) is 6. The molecule has 0 spiro atoms. The van der Waals surface area contributed by atoms with Crippen LogP contribution in [0.1, 0.15) is 21.5 Å². The van der Waals surface area contributed by atoms with Gasteiger partial charge in [0.05, 0.1) is 5.56 Å². The number of rotatable bonds is 4. The highest BCUT2D eigenvalue weighted by molar-refractivity contribution is 6.03. The Balaban J connectivity index is 0.000000548. The number of halogens is 9. The molecule has 43 heavy (non-hydrogen) atoms. The third kappa shape index (κ3) is 11.6. The summed E-state index contributed by atoms with van der Waals surface area (Å²) < 4.78 is 111. The normalized spacial score (nSPS) is 11.2. The van der Waals surface area contributed by atoms with Crippen molar-refractivity contribution >= 4 is 23.8 Å². The molecule has 0 unspecified atom stereocenters. The molecule has 21 heteroatoms. The van der Waals surface area contributed by atoms with Crippen LogP contribution in [0.5, 0.6) is 11.5 Å². The number of aliphatic imine (C=N–C) groups is 1. The number of hydrogen-bond donors (Lipinski definition) is 4. The number of aliphatic carboxylic acids is 2. The summed E-state index contributed by atoms with van der Waals surface area (Å²) in [6.07, 6.45) is -12.0. The van der Waals surface area contributed by atoms with E-state index < -0.39 is 53.6 Å². The van der Waals surface area contributed by atoms with Gasteiger partial charge in [-0.25, -0.2) is 9.59 Å². The van der Waals surface area contributed by atoms with E-state index in [0.717, 1.165) is 6.07 Å². The molecule has 234 valence electrons. The number of carbonyl (C=O) groups is 3. The van der Waals surface area contributed by atoms with Gasteiger partial charge in [-0.1, -0.05) is 0 Å². The fourth-order valence-electron chi connectivity index (χ4n) is 2.54. The highest BCUT2D eigenvalue weighted by atomic mass is 19.4. The van der Waals surface area contributed by atoms with Crippen molar-refractivity contribution < 1.29 is 68.8 Å². The highest BCUT2D eigenvalue weighted by Crippen LogP contribution is 2.40. The molecule has 3 rings (SSSR count). The summed E-state index contributed by atoms with van der Waals surface area (Å²) in [7, 11) is 0. The summed E-state index contributed by atoms with van der Waals surface area (Å²) in [6, 6.07) is 8.06. The van der Waals surface area contributed by atoms with E-state index in [0.29, 0.717) is 11.8 Å². The minimum absolute atomic E-state index is 0.176. The van der Waals surface area contributed by atoms with Crippen molar-refractivity contribution in [3.05, 3.63) is 65.7 Å². The van der Waals surface area contributed by atoms with Crippen molar-refractivity contribution in [2.75, 3.05) is 0 Å². The van der Waals surface area contributed by atoms with Crippen molar-refractivity contribution in [1.82, 2.24) is 14.8 Å². The molecule has 6 N–H and O–H groups in total. The fraction of sp³-hybridized carbons (Fsp3) is 0.182. The number of carbonyl (C=O) groups excluding carboxylic acids is 1. The van der Waals surface area contributed by atoms with Gasteiger partial charge < -0.3 is 26.4 Å². The fourth-order valence-corrected chi connectivity index (χ4v) is 2.54. The number of ether oxygens (including phenoxy) is 1. The molecule has 0 bridgehead atoms. The lowest BCUT2D eigenvalue weighted by atomic mass is 10.0. The average molecular weight is 632 g/mol. The van der Waals surface area contributed by atoms with Crippen LogP contribution >= 0.6 is 0 Å². The zero-order chi connectivity index (χ0) is 33.3. The van der Waals surface area contributed by atoms with E-state index in [1.807, 2.05) is 0 Å². The number of amides is 1. The smallest absolute Gasteiger partial charge is 0.475 e. The monoisotopic (exact) mass is 632 g/mol. The zero-order valence-electron chi connectivity index (χ0n) is 21.0. The second-order valence-electron chi connectivity index (χ2n) is 7.57. The van der Waals surface area contributed by atoms with Gasteiger partial charge in [-0.15, -0.1) is 10.2 Å². The van der Waals surface area contributed by atoms with Crippen LogP contribution in [0.25, 0.3) is 5.69 Å². The Bertz CT molecular complexity index is 1420. The third-order valence-corrected chi connectivity index (χ3v) is 4.36. The number of aryl methyl sites for hydroxylation is 1. The third-order valence-electron chi connectivity index (χ3n) is 4.36. The van der Waals surface area contributed by atoms with Crippen LogP contribution in [-0.4, -0.2) is 61.1 Å². The molecular weight excluding hydrogens is 615 g/mol. The molecule has 0 atom stereocenters. The maximum Gasteiger partial charge on any atom is 0.490 e. The number of carboxylic acids is 2. The summed E-state index contributed by atoms with van der Waals surface area (Å²) in [6.45, 7) is 1.46. The lowest BCUT2D eigenvalue weighted by Gasteiger charge is -2.16. The Hall–Kier alpha value is -5.37. The Morgan fingerprint density at radius 1 is 0.837 bits per heavy atom. The molecule has 1 amide bonds. The topological polar surface area (TPSA) is 196 Å². The van der Waals surface area contributed by atoms with Crippen LogP contribution in [0.4, 0.5) is 39.5 Å². The minimum atomic E-state index is -5.08. The average Bonchev–Trinajstić information content (AvgIpc) is 3.38. The van der Waals surface area contributed by atoms with E-state index in [4.69, 9.17) is 36.0 Å². The van der Waals surface area contributed by atoms with Crippen LogP contribution < -0.4 is 16.2 Å². The molecule has 0 fully saturated rings. The van der Waals surface area contributed by atoms with Gasteiger partial charge >= 0.3 is 30.5 Å². The summed E-state index contributed by atoms with van der Waals surface area (Å²) >= 11 is 0. The molecule has 3 aromatic rings. The first kappa shape index (κ1) is 35.7. The van der Waals surface area contributed by atoms with E-state index in [2.05, 4.69) is 15.2 Å². The highest BCUT2D eigenvalue weighted by Gasteiger charge is 2.39. The van der Waals surface area contributed by atoms with Crippen molar-refractivity contribution in [2.45, 2.75) is 25.5 Å². The molecule has 0 saturated heterocycles. The molecule has 12 nitrogen and oxygen atoms in total. The lowest BCUT2D eigenvalue weighted by molar-refractivity contribution is -0.193. The van der Waals surface area contributed by atoms with Crippen LogP contribution in [0.2, 0.25) is 0 Å². The molecule has 1 aromatic heterocycles. The van der Waals surface area contributed by atoms with Crippen molar-refractivity contribution in [1.29, 1.82) is 0 Å². The second kappa shape index (κ2) is 14.0. The summed E-state index contributed by atoms with van der Waals surface area (Å²) in [5.74, 6) is -7.31. The van der Waals surface area contributed by atoms with Gasteiger partial charge in [0.25, 0.3) is 5.91 Å². The van der Waals surface area contributed by atoms with Gasteiger partial charge in [-0.05, 0) is 48.9 Å². The van der Waals surface area contributed by atoms with E-state index >= 15 is 0 Å². The lowest BCUT2D eigenvalue weighted by Crippen LogP contribution is -2.24. The van der Waals surface area contributed by atoms with E-state index in [1.165, 1.54) is 31.7 Å². The Labute approximate surface area is 233 Å². The maximum absolute atomic E-state index is 13.5. The molecule has 0 radical (unpaired) electrons. The molecular formula is C22H17F9N6O6. The number of guanidine groups is 1. The van der Waals surface area contributed by atoms with E-state index in [9.17, 15) is 44.3 Å². The Kier molecular flexibility index (Phi) is 11.6. The van der Waals surface area contributed by atoms with Crippen LogP contribution in [0, 0.1) is 6.92 Å². The van der Waals surface area contributed by atoms with Gasteiger partial charge in [-0.3, -0.25) is 9.36 Å². The predicted molar refractivity (Wildman–Crippen MR) is 125 cm³/mol. The SMILES string of the molecule is Cc1cc(Oc2ccc(-n3cnnc3)cc2)c(C(F)(F)F)cc1C(=O)N=C(N)N.O=C(O)C(F)(F)F.O=C(O)C(F)(F)F. The Morgan fingerprint density at radius 3 is 1.65 bits per heavy atom. The van der Waals surface area contributed by atoms with Gasteiger partial charge in [0.1, 0.15) is 24.2 Å². The maximum atomic E-state index is 13.5. The van der Waals surface area contributed by atoms with E-state index in [-0.39, 0.29) is 16.9 Å². The molecule has 2 aromatic carbocycles. The van der Waals surface area contributed by atoms with E-state index in [1.54, 1.807) is 16.7 Å². The zero-order valence-corrected chi connectivity index (χ0v) is 21.0.